The second-order valence-electron chi connectivity index (χ2n) is 4.79. The molecule has 100 valence electrons. The summed E-state index contributed by atoms with van der Waals surface area (Å²) in [6, 6.07) is 12.1. The van der Waals surface area contributed by atoms with Crippen LogP contribution in [0.4, 0.5) is 0 Å². The standard InChI is InChI=1S/C17H15NO2/c1-20-17(19)14-8-6-12-5-7-13(10-15(12)11-14)16-4-2-3-9-18-16/h2-5,7,9-11H,6,8H2,1H3. The van der Waals surface area contributed by atoms with E-state index in [0.717, 1.165) is 35.2 Å². The van der Waals surface area contributed by atoms with Crippen LogP contribution in [0, 0.1) is 0 Å². The molecule has 1 aliphatic rings. The second kappa shape index (κ2) is 5.29. The smallest absolute Gasteiger partial charge is 0.333 e. The van der Waals surface area contributed by atoms with Crippen LogP contribution in [0.5, 0.6) is 0 Å². The number of carbonyl (C=O) groups is 1. The zero-order valence-electron chi connectivity index (χ0n) is 11.3. The van der Waals surface area contributed by atoms with Gasteiger partial charge in [-0.05, 0) is 48.2 Å². The molecule has 0 bridgehead atoms. The van der Waals surface area contributed by atoms with Crippen LogP contribution in [0.3, 0.4) is 0 Å². The third kappa shape index (κ3) is 2.35. The molecule has 2 aromatic rings. The Balaban J connectivity index is 2.01. The van der Waals surface area contributed by atoms with E-state index >= 15 is 0 Å². The summed E-state index contributed by atoms with van der Waals surface area (Å²) >= 11 is 0. The van der Waals surface area contributed by atoms with E-state index in [1.165, 1.54) is 12.7 Å². The topological polar surface area (TPSA) is 39.2 Å². The zero-order chi connectivity index (χ0) is 13.9. The van der Waals surface area contributed by atoms with Gasteiger partial charge >= 0.3 is 5.97 Å². The van der Waals surface area contributed by atoms with Crippen molar-refractivity contribution in [3.63, 3.8) is 0 Å². The molecule has 0 amide bonds. The molecule has 0 saturated heterocycles. The Kier molecular flexibility index (Phi) is 3.33. The van der Waals surface area contributed by atoms with Crippen LogP contribution in [0.1, 0.15) is 17.5 Å². The minimum absolute atomic E-state index is 0.237. The molecule has 1 aromatic heterocycles. The molecule has 20 heavy (non-hydrogen) atoms. The maximum absolute atomic E-state index is 11.6. The highest BCUT2D eigenvalue weighted by atomic mass is 16.5. The molecular weight excluding hydrogens is 250 g/mol. The average molecular weight is 265 g/mol. The van der Waals surface area contributed by atoms with Crippen molar-refractivity contribution in [2.45, 2.75) is 12.8 Å². The highest BCUT2D eigenvalue weighted by Gasteiger charge is 2.17. The molecule has 0 unspecified atom stereocenters. The van der Waals surface area contributed by atoms with E-state index in [-0.39, 0.29) is 5.97 Å². The number of esters is 1. The fourth-order valence-corrected chi connectivity index (χ4v) is 2.47. The van der Waals surface area contributed by atoms with E-state index in [1.807, 2.05) is 24.3 Å². The van der Waals surface area contributed by atoms with Crippen molar-refractivity contribution >= 4 is 12.0 Å². The first-order valence-electron chi connectivity index (χ1n) is 6.61. The lowest BCUT2D eigenvalue weighted by Gasteiger charge is -2.16. The molecule has 1 aliphatic carbocycles. The monoisotopic (exact) mass is 265 g/mol. The van der Waals surface area contributed by atoms with Crippen LogP contribution in [-0.4, -0.2) is 18.1 Å². The van der Waals surface area contributed by atoms with E-state index in [4.69, 9.17) is 4.74 Å². The Hall–Kier alpha value is -2.42. The number of benzene rings is 1. The van der Waals surface area contributed by atoms with Crippen LogP contribution in [-0.2, 0) is 16.0 Å². The number of carbonyl (C=O) groups excluding carboxylic acids is 1. The van der Waals surface area contributed by atoms with Gasteiger partial charge in [0.2, 0.25) is 0 Å². The summed E-state index contributed by atoms with van der Waals surface area (Å²) < 4.78 is 4.80. The third-order valence-electron chi connectivity index (χ3n) is 3.55. The number of hydrogen-bond donors (Lipinski definition) is 0. The first-order chi connectivity index (χ1) is 9.78. The van der Waals surface area contributed by atoms with Gasteiger partial charge < -0.3 is 4.74 Å². The Morgan fingerprint density at radius 3 is 2.85 bits per heavy atom. The van der Waals surface area contributed by atoms with Crippen molar-refractivity contribution in [1.82, 2.24) is 4.98 Å². The first kappa shape index (κ1) is 12.6. The molecule has 1 heterocycles. The number of ether oxygens (including phenoxy) is 1. The van der Waals surface area contributed by atoms with Gasteiger partial charge in [0.05, 0.1) is 12.8 Å². The highest BCUT2D eigenvalue weighted by molar-refractivity contribution is 5.94. The fourth-order valence-electron chi connectivity index (χ4n) is 2.47. The third-order valence-corrected chi connectivity index (χ3v) is 3.55. The number of methoxy groups -OCH3 is 1. The predicted molar refractivity (Wildman–Crippen MR) is 78.0 cm³/mol. The predicted octanol–water partition coefficient (Wildman–Crippen LogP) is 3.25. The lowest BCUT2D eigenvalue weighted by molar-refractivity contribution is -0.136. The molecule has 3 nitrogen and oxygen atoms in total. The van der Waals surface area contributed by atoms with Gasteiger partial charge in [0.25, 0.3) is 0 Å². The van der Waals surface area contributed by atoms with Gasteiger partial charge in [-0.25, -0.2) is 4.79 Å². The van der Waals surface area contributed by atoms with Crippen molar-refractivity contribution in [2.75, 3.05) is 7.11 Å². The number of pyridine rings is 1. The van der Waals surface area contributed by atoms with Gasteiger partial charge in [0.15, 0.2) is 0 Å². The van der Waals surface area contributed by atoms with Crippen LogP contribution < -0.4 is 0 Å². The minimum atomic E-state index is -0.237. The summed E-state index contributed by atoms with van der Waals surface area (Å²) in [5.41, 5.74) is 5.08. The number of nitrogens with zero attached hydrogens (tertiary/aromatic N) is 1. The number of fused-ring (bicyclic) bond motifs is 1. The van der Waals surface area contributed by atoms with Crippen molar-refractivity contribution in [3.05, 3.63) is 59.3 Å². The number of aromatic nitrogens is 1. The molecule has 0 atom stereocenters. The van der Waals surface area contributed by atoms with E-state index in [1.54, 1.807) is 6.20 Å². The molecule has 0 radical (unpaired) electrons. The maximum atomic E-state index is 11.6. The second-order valence-corrected chi connectivity index (χ2v) is 4.79. The molecule has 0 spiro atoms. The summed E-state index contributed by atoms with van der Waals surface area (Å²) in [5, 5.41) is 0. The molecule has 0 aliphatic heterocycles. The first-order valence-corrected chi connectivity index (χ1v) is 6.61. The lowest BCUT2D eigenvalue weighted by Crippen LogP contribution is -2.09. The van der Waals surface area contributed by atoms with Gasteiger partial charge in [-0.2, -0.15) is 0 Å². The van der Waals surface area contributed by atoms with Crippen molar-refractivity contribution in [2.24, 2.45) is 0 Å². The van der Waals surface area contributed by atoms with Gasteiger partial charge in [0, 0.05) is 17.3 Å². The Labute approximate surface area is 117 Å². The van der Waals surface area contributed by atoms with Crippen molar-refractivity contribution in [1.29, 1.82) is 0 Å². The maximum Gasteiger partial charge on any atom is 0.333 e. The fraction of sp³-hybridized carbons (Fsp3) is 0.176. The van der Waals surface area contributed by atoms with E-state index in [0.29, 0.717) is 0 Å². The van der Waals surface area contributed by atoms with Crippen LogP contribution >= 0.6 is 0 Å². The van der Waals surface area contributed by atoms with Crippen LogP contribution in [0.15, 0.2) is 48.2 Å². The van der Waals surface area contributed by atoms with Gasteiger partial charge in [0.1, 0.15) is 0 Å². The van der Waals surface area contributed by atoms with Crippen LogP contribution in [0.2, 0.25) is 0 Å². The van der Waals surface area contributed by atoms with E-state index < -0.39 is 0 Å². The molecule has 0 fully saturated rings. The van der Waals surface area contributed by atoms with E-state index in [2.05, 4.69) is 23.2 Å². The summed E-state index contributed by atoms with van der Waals surface area (Å²) in [7, 11) is 1.42. The quantitative estimate of drug-likeness (QED) is 0.782. The summed E-state index contributed by atoms with van der Waals surface area (Å²) in [4.78, 5) is 16.0. The number of hydrogen-bond acceptors (Lipinski definition) is 3. The van der Waals surface area contributed by atoms with Gasteiger partial charge in [-0.1, -0.05) is 18.2 Å². The minimum Gasteiger partial charge on any atom is -0.466 e. The Bertz CT molecular complexity index is 675. The zero-order valence-corrected chi connectivity index (χ0v) is 11.3. The van der Waals surface area contributed by atoms with Crippen molar-refractivity contribution in [3.8, 4) is 11.3 Å². The Morgan fingerprint density at radius 2 is 2.10 bits per heavy atom. The number of aryl methyl sites for hydroxylation is 1. The average Bonchev–Trinajstić information content (AvgIpc) is 2.54. The molecular formula is C17H15NO2. The molecule has 0 N–H and O–H groups in total. The molecule has 3 rings (SSSR count). The normalized spacial score (nSPS) is 13.3. The largest absolute Gasteiger partial charge is 0.466 e. The molecule has 1 aromatic carbocycles. The SMILES string of the molecule is COC(=O)C1=Cc2cc(-c3ccccn3)ccc2CC1. The summed E-state index contributed by atoms with van der Waals surface area (Å²) in [5.74, 6) is -0.237. The molecule has 0 saturated carbocycles. The van der Waals surface area contributed by atoms with E-state index in [9.17, 15) is 4.79 Å². The van der Waals surface area contributed by atoms with Gasteiger partial charge in [-0.3, -0.25) is 4.98 Å². The summed E-state index contributed by atoms with van der Waals surface area (Å²) in [6.07, 6.45) is 5.32. The van der Waals surface area contributed by atoms with Crippen LogP contribution in [0.25, 0.3) is 17.3 Å². The Morgan fingerprint density at radius 1 is 1.20 bits per heavy atom. The van der Waals surface area contributed by atoms with Gasteiger partial charge in [-0.15, -0.1) is 0 Å². The lowest BCUT2D eigenvalue weighted by atomic mass is 9.90. The highest BCUT2D eigenvalue weighted by Crippen LogP contribution is 2.28. The van der Waals surface area contributed by atoms with Crippen molar-refractivity contribution < 1.29 is 9.53 Å². The molecule has 3 heteroatoms. The number of rotatable bonds is 2. The summed E-state index contributed by atoms with van der Waals surface area (Å²) in [6.45, 7) is 0.